The molecule has 0 unspecified atom stereocenters. The van der Waals surface area contributed by atoms with E-state index < -0.39 is 17.4 Å². The molecule has 1 amide bonds. The lowest BCUT2D eigenvalue weighted by Crippen LogP contribution is -2.45. The molecule has 0 aromatic rings. The van der Waals surface area contributed by atoms with Crippen LogP contribution in [-0.2, 0) is 9.59 Å². The van der Waals surface area contributed by atoms with Crippen LogP contribution in [0.15, 0.2) is 0 Å². The SMILES string of the molecule is CC(C)(CO)[C@@H](O)C(=O)NCCC(=O)SCCN.Cl. The van der Waals surface area contributed by atoms with E-state index in [0.29, 0.717) is 12.3 Å². The lowest BCUT2D eigenvalue weighted by Gasteiger charge is -2.27. The second kappa shape index (κ2) is 10.4. The van der Waals surface area contributed by atoms with Gasteiger partial charge in [-0.2, -0.15) is 0 Å². The number of amides is 1. The Kier molecular flexibility index (Phi) is 11.5. The summed E-state index contributed by atoms with van der Waals surface area (Å²) >= 11 is 1.13. The Hall–Kier alpha value is -0.340. The van der Waals surface area contributed by atoms with Gasteiger partial charge >= 0.3 is 0 Å². The van der Waals surface area contributed by atoms with E-state index in [1.807, 2.05) is 0 Å². The molecule has 0 radical (unpaired) electrons. The third kappa shape index (κ3) is 8.43. The molecule has 0 fully saturated rings. The molecule has 6 nitrogen and oxygen atoms in total. The van der Waals surface area contributed by atoms with Gasteiger partial charge in [0.1, 0.15) is 6.10 Å². The highest BCUT2D eigenvalue weighted by atomic mass is 35.5. The van der Waals surface area contributed by atoms with Crippen LogP contribution in [0.4, 0.5) is 0 Å². The summed E-state index contributed by atoms with van der Waals surface area (Å²) in [5.74, 6) is -0.0156. The van der Waals surface area contributed by atoms with Gasteiger partial charge in [-0.15, -0.1) is 12.4 Å². The Balaban J connectivity index is 0. The summed E-state index contributed by atoms with van der Waals surface area (Å²) in [4.78, 5) is 22.8. The zero-order chi connectivity index (χ0) is 14.2. The summed E-state index contributed by atoms with van der Waals surface area (Å²) in [6, 6.07) is 0. The van der Waals surface area contributed by atoms with Gasteiger partial charge in [-0.1, -0.05) is 25.6 Å². The fraction of sp³-hybridized carbons (Fsp3) is 0.818. The largest absolute Gasteiger partial charge is 0.396 e. The van der Waals surface area contributed by atoms with Gasteiger partial charge in [-0.3, -0.25) is 9.59 Å². The van der Waals surface area contributed by atoms with E-state index in [1.165, 1.54) is 0 Å². The molecular weight excluding hydrogens is 292 g/mol. The Bertz CT molecular complexity index is 290. The van der Waals surface area contributed by atoms with Crippen LogP contribution < -0.4 is 11.1 Å². The van der Waals surface area contributed by atoms with Crippen molar-refractivity contribution < 1.29 is 19.8 Å². The number of aliphatic hydroxyl groups is 2. The number of carbonyl (C=O) groups excluding carboxylic acids is 2. The Labute approximate surface area is 123 Å². The van der Waals surface area contributed by atoms with Crippen LogP contribution >= 0.6 is 24.2 Å². The van der Waals surface area contributed by atoms with Crippen molar-refractivity contribution in [2.24, 2.45) is 11.1 Å². The molecule has 8 heteroatoms. The van der Waals surface area contributed by atoms with Crippen LogP contribution in [-0.4, -0.2) is 52.8 Å². The van der Waals surface area contributed by atoms with Crippen molar-refractivity contribution in [3.05, 3.63) is 0 Å². The molecule has 0 saturated heterocycles. The van der Waals surface area contributed by atoms with E-state index in [-0.39, 0.29) is 37.1 Å². The fourth-order valence-electron chi connectivity index (χ4n) is 1.07. The average Bonchev–Trinajstić information content (AvgIpc) is 2.35. The van der Waals surface area contributed by atoms with E-state index in [2.05, 4.69) is 5.32 Å². The monoisotopic (exact) mass is 314 g/mol. The summed E-state index contributed by atoms with van der Waals surface area (Å²) in [7, 11) is 0. The van der Waals surface area contributed by atoms with Gasteiger partial charge in [0.15, 0.2) is 5.12 Å². The lowest BCUT2D eigenvalue weighted by molar-refractivity contribution is -0.137. The predicted molar refractivity (Wildman–Crippen MR) is 78.3 cm³/mol. The first-order chi connectivity index (χ1) is 8.35. The van der Waals surface area contributed by atoms with Gasteiger partial charge in [0.25, 0.3) is 0 Å². The van der Waals surface area contributed by atoms with Crippen molar-refractivity contribution in [1.29, 1.82) is 0 Å². The second-order valence-electron chi connectivity index (χ2n) is 4.60. The van der Waals surface area contributed by atoms with Crippen molar-refractivity contribution in [2.75, 3.05) is 25.4 Å². The molecule has 0 bridgehead atoms. The van der Waals surface area contributed by atoms with E-state index in [0.717, 1.165) is 11.8 Å². The van der Waals surface area contributed by atoms with Crippen molar-refractivity contribution in [3.63, 3.8) is 0 Å². The number of nitrogens with two attached hydrogens (primary N) is 1. The first-order valence-electron chi connectivity index (χ1n) is 5.77. The zero-order valence-corrected chi connectivity index (χ0v) is 12.9. The number of carbonyl (C=O) groups is 2. The van der Waals surface area contributed by atoms with Gasteiger partial charge in [0, 0.05) is 30.7 Å². The van der Waals surface area contributed by atoms with Crippen LogP contribution in [0.3, 0.4) is 0 Å². The molecule has 0 aliphatic heterocycles. The van der Waals surface area contributed by atoms with Gasteiger partial charge in [0.2, 0.25) is 5.91 Å². The van der Waals surface area contributed by atoms with Crippen LogP contribution in [0, 0.1) is 5.41 Å². The molecule has 0 aromatic heterocycles. The molecule has 0 saturated carbocycles. The van der Waals surface area contributed by atoms with Crippen LogP contribution in [0.5, 0.6) is 0 Å². The van der Waals surface area contributed by atoms with Gasteiger partial charge in [-0.25, -0.2) is 0 Å². The normalized spacial score (nSPS) is 12.5. The molecule has 0 aliphatic rings. The maximum absolute atomic E-state index is 11.5. The second-order valence-corrected chi connectivity index (χ2v) is 5.75. The minimum atomic E-state index is -1.30. The van der Waals surface area contributed by atoms with Crippen molar-refractivity contribution >= 4 is 35.2 Å². The molecule has 0 heterocycles. The number of hydrogen-bond donors (Lipinski definition) is 4. The van der Waals surface area contributed by atoms with E-state index >= 15 is 0 Å². The minimum absolute atomic E-state index is 0. The van der Waals surface area contributed by atoms with Crippen LogP contribution in [0.1, 0.15) is 20.3 Å². The third-order valence-electron chi connectivity index (χ3n) is 2.41. The molecule has 5 N–H and O–H groups in total. The highest BCUT2D eigenvalue weighted by Crippen LogP contribution is 2.19. The van der Waals surface area contributed by atoms with Crippen LogP contribution in [0.25, 0.3) is 0 Å². The Morgan fingerprint density at radius 2 is 2.00 bits per heavy atom. The number of rotatable bonds is 8. The molecule has 0 spiro atoms. The van der Waals surface area contributed by atoms with Gasteiger partial charge in [-0.05, 0) is 0 Å². The molecule has 114 valence electrons. The number of nitrogens with one attached hydrogen (secondary N) is 1. The van der Waals surface area contributed by atoms with E-state index in [1.54, 1.807) is 13.8 Å². The maximum Gasteiger partial charge on any atom is 0.249 e. The lowest BCUT2D eigenvalue weighted by atomic mass is 9.87. The molecule has 19 heavy (non-hydrogen) atoms. The summed E-state index contributed by atoms with van der Waals surface area (Å²) in [6.07, 6.45) is -1.10. The highest BCUT2D eigenvalue weighted by Gasteiger charge is 2.32. The molecule has 1 atom stereocenters. The van der Waals surface area contributed by atoms with Gasteiger partial charge in [0.05, 0.1) is 6.61 Å². The summed E-state index contributed by atoms with van der Waals surface area (Å²) in [5.41, 5.74) is 4.36. The summed E-state index contributed by atoms with van der Waals surface area (Å²) < 4.78 is 0. The quantitative estimate of drug-likeness (QED) is 0.481. The molecule has 0 rings (SSSR count). The number of aliphatic hydroxyl groups excluding tert-OH is 2. The number of thioether (sulfide) groups is 1. The molecule has 0 aliphatic carbocycles. The molecular formula is C11H23ClN2O4S. The Morgan fingerprint density at radius 1 is 1.42 bits per heavy atom. The van der Waals surface area contributed by atoms with Crippen molar-refractivity contribution in [2.45, 2.75) is 26.4 Å². The topological polar surface area (TPSA) is 113 Å². The highest BCUT2D eigenvalue weighted by molar-refractivity contribution is 8.13. The van der Waals surface area contributed by atoms with Gasteiger partial charge < -0.3 is 21.3 Å². The van der Waals surface area contributed by atoms with E-state index in [9.17, 15) is 14.7 Å². The molecule has 0 aromatic carbocycles. The average molecular weight is 315 g/mol. The number of hydrogen-bond acceptors (Lipinski definition) is 6. The smallest absolute Gasteiger partial charge is 0.249 e. The fourth-order valence-corrected chi connectivity index (χ4v) is 1.66. The van der Waals surface area contributed by atoms with Crippen molar-refractivity contribution in [1.82, 2.24) is 5.32 Å². The predicted octanol–water partition coefficient (Wildman–Crippen LogP) is -0.488. The summed E-state index contributed by atoms with van der Waals surface area (Å²) in [5, 5.41) is 21.1. The minimum Gasteiger partial charge on any atom is -0.396 e. The first kappa shape index (κ1) is 21.0. The first-order valence-corrected chi connectivity index (χ1v) is 6.76. The van der Waals surface area contributed by atoms with Crippen molar-refractivity contribution in [3.8, 4) is 0 Å². The standard InChI is InChI=1S/C11H22N2O4S.ClH/c1-11(2,7-14)9(16)10(17)13-5-3-8(15)18-6-4-12;/h9,14,16H,3-7,12H2,1-2H3,(H,13,17);1H/t9-;/m0./s1. The summed E-state index contributed by atoms with van der Waals surface area (Å²) in [6.45, 7) is 3.48. The maximum atomic E-state index is 11.5. The number of halogens is 1. The Morgan fingerprint density at radius 3 is 2.47 bits per heavy atom. The van der Waals surface area contributed by atoms with E-state index in [4.69, 9.17) is 10.8 Å². The van der Waals surface area contributed by atoms with Crippen LogP contribution in [0.2, 0.25) is 0 Å². The zero-order valence-electron chi connectivity index (χ0n) is 11.2. The third-order valence-corrected chi connectivity index (χ3v) is 3.37.